The van der Waals surface area contributed by atoms with Gasteiger partial charge in [-0.05, 0) is 54.3 Å². The molecular weight excluding hydrogens is 457 g/mol. The minimum atomic E-state index is -1.02. The van der Waals surface area contributed by atoms with Crippen LogP contribution in [0.1, 0.15) is 34.8 Å². The molecule has 1 N–H and O–H groups in total. The van der Waals surface area contributed by atoms with Gasteiger partial charge in [0.25, 0.3) is 5.91 Å². The number of carbonyl (C=O) groups excluding carboxylic acids is 1. The Morgan fingerprint density at radius 2 is 1.58 bits per heavy atom. The highest BCUT2D eigenvalue weighted by molar-refractivity contribution is 6.36. The fraction of sp³-hybridized carbons (Fsp3) is 0.167. The number of halogens is 3. The average molecular weight is 475 g/mol. The maximum Gasteiger partial charge on any atom is 0.326 e. The smallest absolute Gasteiger partial charge is 0.326 e. The molecule has 1 unspecified atom stereocenters. The molecule has 1 aliphatic heterocycles. The fourth-order valence-corrected chi connectivity index (χ4v) is 4.83. The second-order valence-electron chi connectivity index (χ2n) is 7.38. The topological polar surface area (TPSA) is 57.6 Å². The first-order valence-corrected chi connectivity index (χ1v) is 10.9. The molecule has 1 saturated heterocycles. The van der Waals surface area contributed by atoms with Crippen LogP contribution in [-0.2, 0) is 4.79 Å². The predicted octanol–water partition coefficient (Wildman–Crippen LogP) is 6.74. The summed E-state index contributed by atoms with van der Waals surface area (Å²) in [5.74, 6) is -1.36. The summed E-state index contributed by atoms with van der Waals surface area (Å²) >= 11 is 18.6. The Kier molecular flexibility index (Phi) is 6.24. The second-order valence-corrected chi connectivity index (χ2v) is 8.63. The number of aliphatic carboxylic acids is 1. The number of rotatable bonds is 4. The van der Waals surface area contributed by atoms with Gasteiger partial charge in [-0.2, -0.15) is 0 Å². The van der Waals surface area contributed by atoms with Crippen molar-refractivity contribution in [1.82, 2.24) is 4.90 Å². The van der Waals surface area contributed by atoms with Gasteiger partial charge in [0.1, 0.15) is 6.04 Å². The molecule has 3 aromatic rings. The van der Waals surface area contributed by atoms with E-state index in [2.05, 4.69) is 0 Å². The largest absolute Gasteiger partial charge is 0.480 e. The van der Waals surface area contributed by atoms with Gasteiger partial charge in [0.15, 0.2) is 0 Å². The van der Waals surface area contributed by atoms with Crippen LogP contribution in [0.25, 0.3) is 11.1 Å². The lowest BCUT2D eigenvalue weighted by Crippen LogP contribution is -2.41. The Hall–Kier alpha value is -2.53. The Morgan fingerprint density at radius 3 is 2.23 bits per heavy atom. The summed E-state index contributed by atoms with van der Waals surface area (Å²) < 4.78 is 0. The monoisotopic (exact) mass is 473 g/mol. The highest BCUT2D eigenvalue weighted by atomic mass is 35.5. The Morgan fingerprint density at radius 1 is 0.871 bits per heavy atom. The summed E-state index contributed by atoms with van der Waals surface area (Å²) in [5, 5.41) is 11.3. The lowest BCUT2D eigenvalue weighted by atomic mass is 10.0. The molecule has 0 bridgehead atoms. The molecule has 0 saturated carbocycles. The van der Waals surface area contributed by atoms with Crippen LogP contribution >= 0.6 is 34.8 Å². The van der Waals surface area contributed by atoms with Crippen molar-refractivity contribution in [3.8, 4) is 11.1 Å². The zero-order valence-electron chi connectivity index (χ0n) is 16.3. The van der Waals surface area contributed by atoms with Crippen LogP contribution in [0.3, 0.4) is 0 Å². The summed E-state index contributed by atoms with van der Waals surface area (Å²) in [6.07, 6.45) is 0.903. The number of carbonyl (C=O) groups is 2. The van der Waals surface area contributed by atoms with E-state index in [0.29, 0.717) is 33.5 Å². The van der Waals surface area contributed by atoms with Crippen LogP contribution in [0, 0.1) is 0 Å². The van der Waals surface area contributed by atoms with E-state index < -0.39 is 18.1 Å². The summed E-state index contributed by atoms with van der Waals surface area (Å²) in [7, 11) is 0. The van der Waals surface area contributed by atoms with Gasteiger partial charge in [-0.15, -0.1) is 0 Å². The number of nitrogens with zero attached hydrogens (tertiary/aromatic N) is 1. The van der Waals surface area contributed by atoms with E-state index in [4.69, 9.17) is 34.8 Å². The zero-order valence-corrected chi connectivity index (χ0v) is 18.5. The summed E-state index contributed by atoms with van der Waals surface area (Å²) in [6.45, 7) is 0. The van der Waals surface area contributed by atoms with Crippen molar-refractivity contribution in [2.75, 3.05) is 0 Å². The molecule has 0 aromatic heterocycles. The highest BCUT2D eigenvalue weighted by Gasteiger charge is 2.42. The van der Waals surface area contributed by atoms with Crippen molar-refractivity contribution in [1.29, 1.82) is 0 Å². The molecule has 1 heterocycles. The molecule has 4 rings (SSSR count). The van der Waals surface area contributed by atoms with E-state index in [0.717, 1.165) is 16.7 Å². The maximum atomic E-state index is 13.4. The number of amides is 1. The molecule has 1 amide bonds. The van der Waals surface area contributed by atoms with E-state index in [1.54, 1.807) is 42.5 Å². The van der Waals surface area contributed by atoms with Crippen LogP contribution in [-0.4, -0.2) is 27.9 Å². The van der Waals surface area contributed by atoms with Gasteiger partial charge in [-0.25, -0.2) is 4.79 Å². The van der Waals surface area contributed by atoms with Crippen molar-refractivity contribution in [2.24, 2.45) is 0 Å². The second kappa shape index (κ2) is 8.91. The van der Waals surface area contributed by atoms with Crippen LogP contribution in [0.4, 0.5) is 0 Å². The Labute approximate surface area is 195 Å². The lowest BCUT2D eigenvalue weighted by molar-refractivity contribution is -0.141. The lowest BCUT2D eigenvalue weighted by Gasteiger charge is -2.29. The standard InChI is InChI=1S/C24H18Cl3NO3/c25-16-9-10-17(20(27)13-16)14-5-7-15(8-6-14)23(29)28-21(11-12-22(28)24(30)31)18-3-1-2-4-19(18)26/h1-10,13,21-22H,11-12H2,(H,30,31)/t21?,22-/m0/s1. The number of hydrogen-bond acceptors (Lipinski definition) is 2. The number of benzene rings is 3. The molecular formula is C24H18Cl3NO3. The molecule has 4 nitrogen and oxygen atoms in total. The first-order chi connectivity index (χ1) is 14.9. The molecule has 0 spiro atoms. The molecule has 158 valence electrons. The molecule has 1 fully saturated rings. The van der Waals surface area contributed by atoms with E-state index in [1.165, 1.54) is 4.90 Å². The SMILES string of the molecule is O=C(O)[C@@H]1CCC(c2ccccc2Cl)N1C(=O)c1ccc(-c2ccc(Cl)cc2Cl)cc1. The predicted molar refractivity (Wildman–Crippen MR) is 123 cm³/mol. The molecule has 7 heteroatoms. The molecule has 0 radical (unpaired) electrons. The van der Waals surface area contributed by atoms with Crippen molar-refractivity contribution >= 4 is 46.7 Å². The van der Waals surface area contributed by atoms with Crippen LogP contribution in [0.15, 0.2) is 66.7 Å². The van der Waals surface area contributed by atoms with Gasteiger partial charge in [-0.3, -0.25) is 4.79 Å². The number of carboxylic acid groups (broad SMARTS) is 1. The summed E-state index contributed by atoms with van der Waals surface area (Å²) in [6, 6.07) is 18.1. The van der Waals surface area contributed by atoms with Crippen molar-refractivity contribution in [3.05, 3.63) is 92.9 Å². The first-order valence-electron chi connectivity index (χ1n) is 9.72. The molecule has 3 aromatic carbocycles. The van der Waals surface area contributed by atoms with Gasteiger partial charge in [-0.1, -0.05) is 71.2 Å². The first kappa shape index (κ1) is 21.7. The molecule has 0 aliphatic carbocycles. The molecule has 31 heavy (non-hydrogen) atoms. The van der Waals surface area contributed by atoms with Crippen LogP contribution in [0.2, 0.25) is 15.1 Å². The van der Waals surface area contributed by atoms with Crippen molar-refractivity contribution in [2.45, 2.75) is 24.9 Å². The minimum absolute atomic E-state index is 0.344. The zero-order chi connectivity index (χ0) is 22.1. The van der Waals surface area contributed by atoms with Crippen LogP contribution in [0.5, 0.6) is 0 Å². The van der Waals surface area contributed by atoms with E-state index in [9.17, 15) is 14.7 Å². The van der Waals surface area contributed by atoms with E-state index in [1.807, 2.05) is 24.3 Å². The van der Waals surface area contributed by atoms with E-state index >= 15 is 0 Å². The summed E-state index contributed by atoms with van der Waals surface area (Å²) in [5.41, 5.74) is 2.78. The van der Waals surface area contributed by atoms with Gasteiger partial charge in [0, 0.05) is 26.2 Å². The van der Waals surface area contributed by atoms with Gasteiger partial charge in [0.05, 0.1) is 6.04 Å². The third kappa shape index (κ3) is 4.29. The van der Waals surface area contributed by atoms with E-state index in [-0.39, 0.29) is 5.91 Å². The number of hydrogen-bond donors (Lipinski definition) is 1. The number of carboxylic acids is 1. The summed E-state index contributed by atoms with van der Waals surface area (Å²) in [4.78, 5) is 26.7. The Bertz CT molecular complexity index is 1150. The average Bonchev–Trinajstić information content (AvgIpc) is 3.19. The Balaban J connectivity index is 1.67. The quantitative estimate of drug-likeness (QED) is 0.455. The minimum Gasteiger partial charge on any atom is -0.480 e. The maximum absolute atomic E-state index is 13.4. The normalized spacial score (nSPS) is 18.2. The fourth-order valence-electron chi connectivity index (χ4n) is 4.05. The number of likely N-dealkylation sites (tertiary alicyclic amines) is 1. The van der Waals surface area contributed by atoms with Crippen molar-refractivity contribution in [3.63, 3.8) is 0 Å². The van der Waals surface area contributed by atoms with Gasteiger partial charge in [0.2, 0.25) is 0 Å². The third-order valence-electron chi connectivity index (χ3n) is 5.54. The third-order valence-corrected chi connectivity index (χ3v) is 6.43. The van der Waals surface area contributed by atoms with Gasteiger partial charge < -0.3 is 10.0 Å². The molecule has 1 aliphatic rings. The molecule has 2 atom stereocenters. The highest BCUT2D eigenvalue weighted by Crippen LogP contribution is 2.40. The van der Waals surface area contributed by atoms with Crippen molar-refractivity contribution < 1.29 is 14.7 Å². The van der Waals surface area contributed by atoms with Crippen LogP contribution < -0.4 is 0 Å². The van der Waals surface area contributed by atoms with Gasteiger partial charge >= 0.3 is 5.97 Å².